The van der Waals surface area contributed by atoms with Crippen molar-refractivity contribution in [2.24, 2.45) is 0 Å². The molecule has 0 aliphatic heterocycles. The maximum Gasteiger partial charge on any atom is 0.279 e. The lowest BCUT2D eigenvalue weighted by Gasteiger charge is -2.00. The Morgan fingerprint density at radius 2 is 1.68 bits per heavy atom. The van der Waals surface area contributed by atoms with E-state index in [2.05, 4.69) is 4.98 Å². The van der Waals surface area contributed by atoms with Gasteiger partial charge in [-0.3, -0.25) is 0 Å². The fourth-order valence-electron chi connectivity index (χ4n) is 1.68. The summed E-state index contributed by atoms with van der Waals surface area (Å²) in [6.45, 7) is 0. The Balaban J connectivity index is 1.82. The molecule has 0 radical (unpaired) electrons. The first-order chi connectivity index (χ1) is 9.31. The van der Waals surface area contributed by atoms with E-state index < -0.39 is 0 Å². The fraction of sp³-hybridized carbons (Fsp3) is 0. The number of hydrogen-bond donors (Lipinski definition) is 1. The summed E-state index contributed by atoms with van der Waals surface area (Å²) in [6.07, 6.45) is 0. The minimum atomic E-state index is 0.637. The van der Waals surface area contributed by atoms with Gasteiger partial charge in [-0.1, -0.05) is 41.7 Å². The molecule has 0 aliphatic carbocycles. The number of thiazole rings is 1. The van der Waals surface area contributed by atoms with Crippen molar-refractivity contribution in [3.8, 4) is 22.2 Å². The molecular formula is C15H12N2OS. The van der Waals surface area contributed by atoms with Gasteiger partial charge in [-0.25, -0.2) is 4.98 Å². The van der Waals surface area contributed by atoms with E-state index in [4.69, 9.17) is 10.5 Å². The SMILES string of the molecule is Nc1ccc(-c2csc(Oc3ccccc3)n2)cc1. The lowest BCUT2D eigenvalue weighted by molar-refractivity contribution is 0.479. The fourth-order valence-corrected chi connectivity index (χ4v) is 2.38. The molecule has 3 nitrogen and oxygen atoms in total. The Hall–Kier alpha value is -2.33. The first-order valence-corrected chi connectivity index (χ1v) is 6.73. The Labute approximate surface area is 115 Å². The molecule has 0 aliphatic rings. The predicted molar refractivity (Wildman–Crippen MR) is 78.5 cm³/mol. The standard InChI is InChI=1S/C15H12N2OS/c16-12-8-6-11(7-9-12)14-10-19-15(17-14)18-13-4-2-1-3-5-13/h1-10H,16H2. The zero-order valence-electron chi connectivity index (χ0n) is 10.1. The van der Waals surface area contributed by atoms with E-state index >= 15 is 0 Å². The van der Waals surface area contributed by atoms with Crippen LogP contribution in [-0.4, -0.2) is 4.98 Å². The van der Waals surface area contributed by atoms with Gasteiger partial charge in [-0.2, -0.15) is 0 Å². The van der Waals surface area contributed by atoms with Crippen molar-refractivity contribution in [3.63, 3.8) is 0 Å². The second kappa shape index (κ2) is 5.12. The topological polar surface area (TPSA) is 48.1 Å². The average molecular weight is 268 g/mol. The molecule has 4 heteroatoms. The van der Waals surface area contributed by atoms with Crippen LogP contribution in [0.4, 0.5) is 5.69 Å². The monoisotopic (exact) mass is 268 g/mol. The van der Waals surface area contributed by atoms with Crippen LogP contribution in [0.5, 0.6) is 10.9 Å². The van der Waals surface area contributed by atoms with Crippen LogP contribution < -0.4 is 10.5 Å². The first kappa shape index (κ1) is 11.7. The third kappa shape index (κ3) is 2.74. The molecule has 0 unspecified atom stereocenters. The van der Waals surface area contributed by atoms with Gasteiger partial charge in [-0.15, -0.1) is 0 Å². The van der Waals surface area contributed by atoms with E-state index in [1.165, 1.54) is 11.3 Å². The molecule has 1 heterocycles. The summed E-state index contributed by atoms with van der Waals surface area (Å²) in [5, 5.41) is 2.61. The molecule has 94 valence electrons. The van der Waals surface area contributed by atoms with Gasteiger partial charge in [0.05, 0.1) is 5.69 Å². The van der Waals surface area contributed by atoms with Crippen molar-refractivity contribution < 1.29 is 4.74 Å². The van der Waals surface area contributed by atoms with Crippen LogP contribution in [0.25, 0.3) is 11.3 Å². The van der Waals surface area contributed by atoms with Gasteiger partial charge in [-0.05, 0) is 24.3 Å². The second-order valence-electron chi connectivity index (χ2n) is 4.04. The third-order valence-electron chi connectivity index (χ3n) is 2.64. The van der Waals surface area contributed by atoms with E-state index in [0.29, 0.717) is 5.19 Å². The Morgan fingerprint density at radius 1 is 0.947 bits per heavy atom. The van der Waals surface area contributed by atoms with Crippen molar-refractivity contribution in [3.05, 3.63) is 60.0 Å². The largest absolute Gasteiger partial charge is 0.431 e. The number of benzene rings is 2. The number of para-hydroxylation sites is 1. The van der Waals surface area contributed by atoms with Gasteiger partial charge in [0.1, 0.15) is 5.75 Å². The van der Waals surface area contributed by atoms with Gasteiger partial charge >= 0.3 is 0 Å². The number of nitrogens with two attached hydrogens (primary N) is 1. The predicted octanol–water partition coefficient (Wildman–Crippen LogP) is 4.18. The first-order valence-electron chi connectivity index (χ1n) is 5.85. The third-order valence-corrected chi connectivity index (χ3v) is 3.36. The van der Waals surface area contributed by atoms with Crippen molar-refractivity contribution in [1.29, 1.82) is 0 Å². The van der Waals surface area contributed by atoms with Gasteiger partial charge < -0.3 is 10.5 Å². The average Bonchev–Trinajstić information content (AvgIpc) is 2.89. The number of ether oxygens (including phenoxy) is 1. The van der Waals surface area contributed by atoms with Gasteiger partial charge in [0.15, 0.2) is 0 Å². The van der Waals surface area contributed by atoms with Crippen LogP contribution >= 0.6 is 11.3 Å². The van der Waals surface area contributed by atoms with Crippen molar-refractivity contribution in [2.75, 3.05) is 5.73 Å². The van der Waals surface area contributed by atoms with Gasteiger partial charge in [0.25, 0.3) is 5.19 Å². The molecule has 0 saturated carbocycles. The van der Waals surface area contributed by atoms with Crippen LogP contribution in [0.2, 0.25) is 0 Å². The summed E-state index contributed by atoms with van der Waals surface area (Å²) in [7, 11) is 0. The van der Waals surface area contributed by atoms with Gasteiger partial charge in [0.2, 0.25) is 0 Å². The van der Waals surface area contributed by atoms with E-state index in [-0.39, 0.29) is 0 Å². The molecule has 0 saturated heterocycles. The highest BCUT2D eigenvalue weighted by atomic mass is 32.1. The van der Waals surface area contributed by atoms with E-state index in [1.54, 1.807) is 0 Å². The molecule has 0 amide bonds. The minimum Gasteiger partial charge on any atom is -0.431 e. The second-order valence-corrected chi connectivity index (χ2v) is 4.86. The highest BCUT2D eigenvalue weighted by molar-refractivity contribution is 7.11. The lowest BCUT2D eigenvalue weighted by atomic mass is 10.2. The zero-order valence-corrected chi connectivity index (χ0v) is 10.9. The summed E-state index contributed by atoms with van der Waals surface area (Å²) < 4.78 is 5.69. The van der Waals surface area contributed by atoms with E-state index in [1.807, 2.05) is 60.0 Å². The Kier molecular flexibility index (Phi) is 3.16. The number of nitrogens with zero attached hydrogens (tertiary/aromatic N) is 1. The number of aromatic nitrogens is 1. The summed E-state index contributed by atoms with van der Waals surface area (Å²) in [5.41, 5.74) is 8.35. The highest BCUT2D eigenvalue weighted by Gasteiger charge is 2.06. The molecule has 3 rings (SSSR count). The molecule has 0 fully saturated rings. The highest BCUT2D eigenvalue weighted by Crippen LogP contribution is 2.29. The normalized spacial score (nSPS) is 10.3. The van der Waals surface area contributed by atoms with Crippen LogP contribution in [0.1, 0.15) is 0 Å². The lowest BCUT2D eigenvalue weighted by Crippen LogP contribution is -1.85. The maximum atomic E-state index is 5.69. The molecule has 0 bridgehead atoms. The summed E-state index contributed by atoms with van der Waals surface area (Å²) >= 11 is 1.48. The summed E-state index contributed by atoms with van der Waals surface area (Å²) in [5.74, 6) is 0.792. The summed E-state index contributed by atoms with van der Waals surface area (Å²) in [4.78, 5) is 4.46. The van der Waals surface area contributed by atoms with Crippen LogP contribution in [-0.2, 0) is 0 Å². The molecule has 0 spiro atoms. The minimum absolute atomic E-state index is 0.637. The number of rotatable bonds is 3. The van der Waals surface area contributed by atoms with E-state index in [0.717, 1.165) is 22.7 Å². The Bertz CT molecular complexity index is 662. The van der Waals surface area contributed by atoms with Crippen molar-refractivity contribution in [2.45, 2.75) is 0 Å². The molecule has 19 heavy (non-hydrogen) atoms. The Morgan fingerprint density at radius 3 is 2.42 bits per heavy atom. The molecule has 1 aromatic heterocycles. The van der Waals surface area contributed by atoms with Crippen LogP contribution in [0.3, 0.4) is 0 Å². The molecule has 2 N–H and O–H groups in total. The van der Waals surface area contributed by atoms with E-state index in [9.17, 15) is 0 Å². The van der Waals surface area contributed by atoms with Crippen LogP contribution in [0.15, 0.2) is 60.0 Å². The quantitative estimate of drug-likeness (QED) is 0.725. The van der Waals surface area contributed by atoms with Crippen molar-refractivity contribution >= 4 is 17.0 Å². The molecule has 2 aromatic carbocycles. The maximum absolute atomic E-state index is 5.69. The number of anilines is 1. The molecule has 0 atom stereocenters. The number of nitrogen functional groups attached to an aromatic ring is 1. The zero-order chi connectivity index (χ0) is 13.1. The van der Waals surface area contributed by atoms with Crippen LogP contribution in [0, 0.1) is 0 Å². The van der Waals surface area contributed by atoms with Gasteiger partial charge in [0, 0.05) is 16.6 Å². The van der Waals surface area contributed by atoms with Crippen molar-refractivity contribution in [1.82, 2.24) is 4.98 Å². The smallest absolute Gasteiger partial charge is 0.279 e. The number of hydrogen-bond acceptors (Lipinski definition) is 4. The summed E-state index contributed by atoms with van der Waals surface area (Å²) in [6, 6.07) is 17.3. The molecular weight excluding hydrogens is 256 g/mol. The molecule has 3 aromatic rings.